The smallest absolute Gasteiger partial charge is 0.228 e. The van der Waals surface area contributed by atoms with Gasteiger partial charge in [-0.15, -0.1) is 5.10 Å². The molecule has 2 aliphatic rings. The fourth-order valence-corrected chi connectivity index (χ4v) is 5.42. The lowest BCUT2D eigenvalue weighted by molar-refractivity contribution is 0.294. The van der Waals surface area contributed by atoms with Crippen LogP contribution in [0.1, 0.15) is 49.7 Å². The molecule has 7 nitrogen and oxygen atoms in total. The Labute approximate surface area is 210 Å². The van der Waals surface area contributed by atoms with Crippen LogP contribution in [0, 0.1) is 5.82 Å². The largest absolute Gasteiger partial charge is 0.461 e. The molecule has 1 aliphatic carbocycles. The van der Waals surface area contributed by atoms with Crippen molar-refractivity contribution >= 4 is 17.2 Å². The molecule has 186 valence electrons. The molecule has 0 radical (unpaired) electrons. The minimum Gasteiger partial charge on any atom is -0.461 e. The topological polar surface area (TPSA) is 62.7 Å². The predicted molar refractivity (Wildman–Crippen MR) is 138 cm³/mol. The van der Waals surface area contributed by atoms with Crippen molar-refractivity contribution in [2.24, 2.45) is 0 Å². The first-order valence-corrected chi connectivity index (χ1v) is 12.8. The zero-order valence-corrected chi connectivity index (χ0v) is 20.6. The van der Waals surface area contributed by atoms with Crippen LogP contribution in [-0.2, 0) is 6.54 Å². The molecule has 0 amide bonds. The van der Waals surface area contributed by atoms with Gasteiger partial charge in [0.2, 0.25) is 11.8 Å². The first-order chi connectivity index (χ1) is 17.7. The van der Waals surface area contributed by atoms with E-state index in [0.29, 0.717) is 17.6 Å². The van der Waals surface area contributed by atoms with E-state index in [1.54, 1.807) is 6.26 Å². The summed E-state index contributed by atoms with van der Waals surface area (Å²) >= 11 is 0. The van der Waals surface area contributed by atoms with Crippen LogP contribution >= 0.6 is 0 Å². The Balaban J connectivity index is 1.29. The van der Waals surface area contributed by atoms with Crippen molar-refractivity contribution in [1.82, 2.24) is 24.5 Å². The molecule has 4 heterocycles. The number of nitrogens with zero attached hydrogens (tertiary/aromatic N) is 6. The van der Waals surface area contributed by atoms with Gasteiger partial charge in [0.15, 0.2) is 11.4 Å². The van der Waals surface area contributed by atoms with Crippen LogP contribution in [0.3, 0.4) is 0 Å². The number of fused-ring (bicyclic) bond motifs is 1. The van der Waals surface area contributed by atoms with Crippen LogP contribution in [0.5, 0.6) is 0 Å². The molecule has 8 heteroatoms. The fraction of sp³-hybridized carbons (Fsp3) is 0.393. The highest BCUT2D eigenvalue weighted by Gasteiger charge is 2.24. The number of rotatable bonds is 6. The van der Waals surface area contributed by atoms with Gasteiger partial charge in [-0.2, -0.15) is 4.52 Å². The van der Waals surface area contributed by atoms with Gasteiger partial charge in [0.25, 0.3) is 0 Å². The first-order valence-electron chi connectivity index (χ1n) is 12.8. The summed E-state index contributed by atoms with van der Waals surface area (Å²) < 4.78 is 20.8. The van der Waals surface area contributed by atoms with Crippen LogP contribution in [-0.4, -0.2) is 50.7 Å². The van der Waals surface area contributed by atoms with Gasteiger partial charge >= 0.3 is 0 Å². The molecule has 36 heavy (non-hydrogen) atoms. The summed E-state index contributed by atoms with van der Waals surface area (Å²) in [5, 5.41) is 4.83. The number of benzene rings is 1. The van der Waals surface area contributed by atoms with E-state index >= 15 is 0 Å². The van der Waals surface area contributed by atoms with E-state index in [1.807, 2.05) is 35.0 Å². The second-order valence-corrected chi connectivity index (χ2v) is 9.86. The van der Waals surface area contributed by atoms with E-state index in [-0.39, 0.29) is 5.82 Å². The van der Waals surface area contributed by atoms with E-state index in [0.717, 1.165) is 48.8 Å². The van der Waals surface area contributed by atoms with E-state index in [9.17, 15) is 4.39 Å². The van der Waals surface area contributed by atoms with Gasteiger partial charge < -0.3 is 9.32 Å². The highest BCUT2D eigenvalue weighted by Crippen LogP contribution is 2.29. The Kier molecular flexibility index (Phi) is 6.27. The molecule has 1 aliphatic heterocycles. The van der Waals surface area contributed by atoms with E-state index in [2.05, 4.69) is 22.9 Å². The summed E-state index contributed by atoms with van der Waals surface area (Å²) in [6.07, 6.45) is 13.0. The van der Waals surface area contributed by atoms with Crippen molar-refractivity contribution in [3.8, 4) is 11.6 Å². The molecule has 0 unspecified atom stereocenters. The summed E-state index contributed by atoms with van der Waals surface area (Å²) in [6.45, 7) is 2.47. The summed E-state index contributed by atoms with van der Waals surface area (Å²) in [7, 11) is 2.12. The maximum absolute atomic E-state index is 13.3. The number of aromatic nitrogens is 4. The molecular formula is C28H31FN6O. The van der Waals surface area contributed by atoms with Crippen LogP contribution in [0.4, 0.5) is 10.3 Å². The second kappa shape index (κ2) is 9.85. The second-order valence-electron chi connectivity index (χ2n) is 9.86. The van der Waals surface area contributed by atoms with Crippen LogP contribution < -0.4 is 4.90 Å². The molecule has 4 aromatic rings. The van der Waals surface area contributed by atoms with Crippen molar-refractivity contribution in [1.29, 1.82) is 0 Å². The summed E-state index contributed by atoms with van der Waals surface area (Å²) in [5.74, 6) is 1.85. The zero-order valence-electron chi connectivity index (χ0n) is 20.6. The molecule has 3 aromatic heterocycles. The number of halogens is 1. The van der Waals surface area contributed by atoms with Crippen molar-refractivity contribution < 1.29 is 8.81 Å². The van der Waals surface area contributed by atoms with Crippen LogP contribution in [0.2, 0.25) is 0 Å². The number of hydrogen-bond donors (Lipinski definition) is 0. The average Bonchev–Trinajstić information content (AvgIpc) is 3.61. The molecule has 1 saturated carbocycles. The third kappa shape index (κ3) is 4.53. The third-order valence-electron chi connectivity index (χ3n) is 7.50. The van der Waals surface area contributed by atoms with E-state index < -0.39 is 0 Å². The van der Waals surface area contributed by atoms with Gasteiger partial charge in [0.05, 0.1) is 6.26 Å². The molecule has 6 rings (SSSR count). The molecule has 1 aromatic carbocycles. The highest BCUT2D eigenvalue weighted by molar-refractivity contribution is 5.66. The Morgan fingerprint density at radius 3 is 2.67 bits per heavy atom. The molecule has 0 saturated heterocycles. The summed E-state index contributed by atoms with van der Waals surface area (Å²) in [5.41, 5.74) is 4.22. The van der Waals surface area contributed by atoms with Gasteiger partial charge in [-0.1, -0.05) is 37.5 Å². The first kappa shape index (κ1) is 22.9. The Morgan fingerprint density at radius 2 is 1.94 bits per heavy atom. The number of furan rings is 1. The van der Waals surface area contributed by atoms with Crippen LogP contribution in [0.15, 0.2) is 59.4 Å². The lowest BCUT2D eigenvalue weighted by Crippen LogP contribution is -2.35. The van der Waals surface area contributed by atoms with Crippen molar-refractivity contribution in [2.75, 3.05) is 25.0 Å². The molecule has 0 atom stereocenters. The molecule has 0 N–H and O–H groups in total. The van der Waals surface area contributed by atoms with Crippen molar-refractivity contribution in [3.05, 3.63) is 71.9 Å². The minimum absolute atomic E-state index is 0.201. The Hall–Kier alpha value is -3.52. The third-order valence-corrected chi connectivity index (χ3v) is 7.50. The lowest BCUT2D eigenvalue weighted by atomic mass is 9.95. The zero-order chi connectivity index (χ0) is 24.5. The monoisotopic (exact) mass is 486 g/mol. The molecule has 0 spiro atoms. The van der Waals surface area contributed by atoms with Crippen LogP contribution in [0.25, 0.3) is 22.8 Å². The number of anilines is 1. The maximum atomic E-state index is 13.3. The van der Waals surface area contributed by atoms with Gasteiger partial charge in [0, 0.05) is 44.5 Å². The Morgan fingerprint density at radius 1 is 1.11 bits per heavy atom. The van der Waals surface area contributed by atoms with Gasteiger partial charge in [0.1, 0.15) is 5.82 Å². The molecular weight excluding hydrogens is 455 g/mol. The minimum atomic E-state index is -0.201. The number of hydrogen-bond acceptors (Lipinski definition) is 6. The highest BCUT2D eigenvalue weighted by atomic mass is 19.1. The SMILES string of the molecule is CN(c1ncc(CN2CC=C(c3ccc(F)cc3)CC2)c2nc(-c3ccco3)nn12)C1CCCCC1. The normalized spacial score (nSPS) is 17.4. The van der Waals surface area contributed by atoms with Crippen molar-refractivity contribution in [3.63, 3.8) is 0 Å². The van der Waals surface area contributed by atoms with Crippen molar-refractivity contribution in [2.45, 2.75) is 51.1 Å². The lowest BCUT2D eigenvalue weighted by Gasteiger charge is -2.32. The maximum Gasteiger partial charge on any atom is 0.228 e. The molecule has 0 bridgehead atoms. The van der Waals surface area contributed by atoms with Gasteiger partial charge in [-0.05, 0) is 54.7 Å². The summed E-state index contributed by atoms with van der Waals surface area (Å²) in [6, 6.07) is 11.0. The summed E-state index contributed by atoms with van der Waals surface area (Å²) in [4.78, 5) is 14.4. The Bertz CT molecular complexity index is 1350. The predicted octanol–water partition coefficient (Wildman–Crippen LogP) is 5.58. The molecule has 1 fully saturated rings. The quantitative estimate of drug-likeness (QED) is 0.355. The average molecular weight is 487 g/mol. The standard InChI is InChI=1S/C28H31FN6O/c1-33(24-6-3-2-4-7-24)28-30-18-22(27-31-26(32-35(27)28)25-8-5-17-36-25)19-34-15-13-21(14-16-34)20-9-11-23(29)12-10-20/h5,8-13,17-18,24H,2-4,6-7,14-16,19H2,1H3. The van der Waals surface area contributed by atoms with E-state index in [4.69, 9.17) is 19.5 Å². The van der Waals surface area contributed by atoms with Gasteiger partial charge in [-0.25, -0.2) is 14.4 Å². The van der Waals surface area contributed by atoms with E-state index in [1.165, 1.54) is 49.8 Å². The van der Waals surface area contributed by atoms with Gasteiger partial charge in [-0.3, -0.25) is 4.90 Å². The fourth-order valence-electron chi connectivity index (χ4n) is 5.42.